The van der Waals surface area contributed by atoms with E-state index < -0.39 is 6.61 Å². The van der Waals surface area contributed by atoms with Crippen LogP contribution in [0.25, 0.3) is 16.8 Å². The van der Waals surface area contributed by atoms with Crippen LogP contribution in [-0.2, 0) is 9.59 Å². The Labute approximate surface area is 206 Å². The highest BCUT2D eigenvalue weighted by atomic mass is 16.3. The van der Waals surface area contributed by atoms with Gasteiger partial charge in [-0.25, -0.2) is 9.97 Å². The highest BCUT2D eigenvalue weighted by Crippen LogP contribution is 2.44. The molecule has 36 heavy (non-hydrogen) atoms. The van der Waals surface area contributed by atoms with E-state index in [0.717, 1.165) is 18.4 Å². The van der Waals surface area contributed by atoms with Crippen LogP contribution < -0.4 is 16.6 Å². The van der Waals surface area contributed by atoms with Crippen molar-refractivity contribution in [1.82, 2.24) is 29.9 Å². The van der Waals surface area contributed by atoms with Gasteiger partial charge < -0.3 is 15.7 Å². The number of hydrogen-bond acceptors (Lipinski definition) is 9. The highest BCUT2D eigenvalue weighted by molar-refractivity contribution is 6.00. The number of nitrogens with zero attached hydrogens (tertiary/aromatic N) is 5. The first kappa shape index (κ1) is 23.7. The minimum Gasteiger partial charge on any atom is -0.387 e. The Morgan fingerprint density at radius 1 is 1.14 bits per heavy atom. The second-order valence-corrected chi connectivity index (χ2v) is 9.36. The third-order valence-corrected chi connectivity index (χ3v) is 7.05. The van der Waals surface area contributed by atoms with E-state index in [1.165, 1.54) is 18.4 Å². The molecule has 0 saturated carbocycles. The second kappa shape index (κ2) is 9.19. The number of piperidine rings is 1. The lowest BCUT2D eigenvalue weighted by Crippen LogP contribution is -2.47. The number of nitrogen functional groups attached to an aromatic ring is 1. The molecule has 2 saturated heterocycles. The number of hydrazine groups is 1. The molecule has 0 aromatic carbocycles. The Kier molecular flexibility index (Phi) is 6.04. The van der Waals surface area contributed by atoms with Crippen molar-refractivity contribution >= 4 is 34.9 Å². The maximum Gasteiger partial charge on any atom is 0.248 e. The molecule has 12 heteroatoms. The number of rotatable bonds is 6. The Morgan fingerprint density at radius 3 is 2.44 bits per heavy atom. The molecular formula is C24H28N8O4. The highest BCUT2D eigenvalue weighted by Gasteiger charge is 2.44. The van der Waals surface area contributed by atoms with Gasteiger partial charge in [0.15, 0.2) is 11.4 Å². The smallest absolute Gasteiger partial charge is 0.248 e. The molecular weight excluding hydrogens is 464 g/mol. The zero-order valence-corrected chi connectivity index (χ0v) is 20.1. The fourth-order valence-corrected chi connectivity index (χ4v) is 5.56. The second-order valence-electron chi connectivity index (χ2n) is 9.36. The number of nitrogens with two attached hydrogens (primary N) is 1. The standard InChI is InChI=1S/C24H28N8O4/c1-12(34)21-22(15-7-16-4-5-17(8-15)31(16)20(36)11-33)28-24-18(10-27-32(24)23(21)25)14-3-6-19(26-9-14)30-29-13(2)35/h3,6,9-10,15-17,33H,4-5,7-8,11,25H2,1-2H3,(H,26,30)(H,29,35). The molecule has 0 radical (unpaired) electrons. The van der Waals surface area contributed by atoms with Crippen molar-refractivity contribution in [2.45, 2.75) is 57.5 Å². The van der Waals surface area contributed by atoms with Gasteiger partial charge in [0.1, 0.15) is 18.2 Å². The quantitative estimate of drug-likeness (QED) is 0.292. The fourth-order valence-electron chi connectivity index (χ4n) is 5.56. The van der Waals surface area contributed by atoms with Crippen molar-refractivity contribution < 1.29 is 19.5 Å². The van der Waals surface area contributed by atoms with Gasteiger partial charge in [-0.15, -0.1) is 0 Å². The number of nitrogens with one attached hydrogen (secondary N) is 2. The largest absolute Gasteiger partial charge is 0.387 e. The van der Waals surface area contributed by atoms with Gasteiger partial charge in [-0.2, -0.15) is 9.61 Å². The van der Waals surface area contributed by atoms with Crippen LogP contribution in [0.2, 0.25) is 0 Å². The normalized spacial score (nSPS) is 21.0. The number of amides is 2. The van der Waals surface area contributed by atoms with Crippen LogP contribution in [0.3, 0.4) is 0 Å². The number of Topliss-reactive ketones (excluding diaryl/α,β-unsaturated/α-hetero) is 1. The summed E-state index contributed by atoms with van der Waals surface area (Å²) in [5.74, 6) is -0.0366. The lowest BCUT2D eigenvalue weighted by atomic mass is 9.85. The Balaban J connectivity index is 1.53. The minimum absolute atomic E-state index is 0.00435. The maximum absolute atomic E-state index is 12.7. The van der Waals surface area contributed by atoms with Crippen molar-refractivity contribution in [3.63, 3.8) is 0 Å². The molecule has 2 unspecified atom stereocenters. The van der Waals surface area contributed by atoms with Crippen molar-refractivity contribution in [2.75, 3.05) is 17.8 Å². The monoisotopic (exact) mass is 492 g/mol. The number of carbonyl (C=O) groups is 3. The molecule has 2 aliphatic rings. The third kappa shape index (κ3) is 4.02. The van der Waals surface area contributed by atoms with E-state index in [9.17, 15) is 19.5 Å². The first-order valence-corrected chi connectivity index (χ1v) is 11.9. The Hall–Kier alpha value is -4.06. The maximum atomic E-state index is 12.7. The van der Waals surface area contributed by atoms with E-state index in [2.05, 4.69) is 20.9 Å². The molecule has 5 N–H and O–H groups in total. The molecule has 0 spiro atoms. The number of anilines is 2. The van der Waals surface area contributed by atoms with E-state index >= 15 is 0 Å². The lowest BCUT2D eigenvalue weighted by molar-refractivity contribution is -0.138. The zero-order valence-electron chi connectivity index (χ0n) is 20.1. The number of aliphatic hydroxyl groups excluding tert-OH is 1. The van der Waals surface area contributed by atoms with Crippen LogP contribution in [0.1, 0.15) is 61.5 Å². The number of fused-ring (bicyclic) bond motifs is 3. The molecule has 2 atom stereocenters. The Bertz CT molecular complexity index is 1340. The van der Waals surface area contributed by atoms with Gasteiger partial charge in [-0.3, -0.25) is 25.2 Å². The molecule has 3 aromatic heterocycles. The van der Waals surface area contributed by atoms with Crippen LogP contribution in [0, 0.1) is 0 Å². The first-order valence-electron chi connectivity index (χ1n) is 11.9. The van der Waals surface area contributed by atoms with Crippen LogP contribution >= 0.6 is 0 Å². The van der Waals surface area contributed by atoms with Crippen LogP contribution in [-0.4, -0.2) is 65.9 Å². The third-order valence-electron chi connectivity index (χ3n) is 7.05. The van der Waals surface area contributed by atoms with E-state index in [0.29, 0.717) is 41.1 Å². The predicted octanol–water partition coefficient (Wildman–Crippen LogP) is 1.27. The van der Waals surface area contributed by atoms with Crippen molar-refractivity contribution in [2.24, 2.45) is 0 Å². The van der Waals surface area contributed by atoms with Gasteiger partial charge in [0.05, 0.1) is 17.5 Å². The minimum atomic E-state index is -0.500. The molecule has 12 nitrogen and oxygen atoms in total. The van der Waals surface area contributed by atoms with Crippen LogP contribution in [0.15, 0.2) is 24.5 Å². The van der Waals surface area contributed by atoms with Gasteiger partial charge in [-0.05, 0) is 44.7 Å². The number of hydrogen-bond donors (Lipinski definition) is 4. The number of carbonyl (C=O) groups excluding carboxylic acids is 3. The summed E-state index contributed by atoms with van der Waals surface area (Å²) in [7, 11) is 0. The summed E-state index contributed by atoms with van der Waals surface area (Å²) in [4.78, 5) is 47.1. The average Bonchev–Trinajstić information content (AvgIpc) is 3.40. The number of aliphatic hydroxyl groups is 1. The average molecular weight is 493 g/mol. The van der Waals surface area contributed by atoms with Crippen molar-refractivity contribution in [1.29, 1.82) is 0 Å². The summed E-state index contributed by atoms with van der Waals surface area (Å²) in [6.07, 6.45) is 6.30. The summed E-state index contributed by atoms with van der Waals surface area (Å²) < 4.78 is 1.47. The molecule has 2 fully saturated rings. The topological polar surface area (TPSA) is 168 Å². The molecule has 2 bridgehead atoms. The Morgan fingerprint density at radius 2 is 1.86 bits per heavy atom. The lowest BCUT2D eigenvalue weighted by Gasteiger charge is -2.39. The van der Waals surface area contributed by atoms with Gasteiger partial charge in [0, 0.05) is 42.2 Å². The molecule has 0 aliphatic carbocycles. The van der Waals surface area contributed by atoms with Gasteiger partial charge in [-0.1, -0.05) is 0 Å². The van der Waals surface area contributed by atoms with E-state index in [1.54, 1.807) is 23.4 Å². The predicted molar refractivity (Wildman–Crippen MR) is 131 cm³/mol. The van der Waals surface area contributed by atoms with E-state index in [1.807, 2.05) is 6.07 Å². The molecule has 5 rings (SSSR count). The summed E-state index contributed by atoms with van der Waals surface area (Å²) in [6.45, 7) is 2.36. The van der Waals surface area contributed by atoms with Crippen LogP contribution in [0.4, 0.5) is 11.6 Å². The van der Waals surface area contributed by atoms with Gasteiger partial charge in [0.25, 0.3) is 0 Å². The summed E-state index contributed by atoms with van der Waals surface area (Å²) >= 11 is 0. The first-order chi connectivity index (χ1) is 17.3. The number of pyridine rings is 1. The van der Waals surface area contributed by atoms with Crippen LogP contribution in [0.5, 0.6) is 0 Å². The van der Waals surface area contributed by atoms with Gasteiger partial charge in [0.2, 0.25) is 11.8 Å². The molecule has 5 heterocycles. The molecule has 3 aromatic rings. The van der Waals surface area contributed by atoms with E-state index in [4.69, 9.17) is 10.7 Å². The number of ketones is 1. The fraction of sp³-hybridized carbons (Fsp3) is 0.417. The van der Waals surface area contributed by atoms with Crippen molar-refractivity contribution in [3.8, 4) is 11.1 Å². The summed E-state index contributed by atoms with van der Waals surface area (Å²) in [6, 6.07) is 3.55. The summed E-state index contributed by atoms with van der Waals surface area (Å²) in [5, 5.41) is 13.8. The van der Waals surface area contributed by atoms with Gasteiger partial charge >= 0.3 is 0 Å². The number of aromatic nitrogens is 4. The van der Waals surface area contributed by atoms with E-state index in [-0.39, 0.29) is 41.4 Å². The molecule has 2 aliphatic heterocycles. The zero-order chi connectivity index (χ0) is 25.6. The molecule has 2 amide bonds. The summed E-state index contributed by atoms with van der Waals surface area (Å²) in [5.41, 5.74) is 14.6. The molecule has 188 valence electrons. The SMILES string of the molecule is CC(=O)NNc1ccc(-c2cnn3c(N)c(C(C)=O)c(C4CC5CCC(C4)N5C(=O)CO)nc23)cn1. The van der Waals surface area contributed by atoms with Crippen molar-refractivity contribution in [3.05, 3.63) is 35.8 Å².